The van der Waals surface area contributed by atoms with Crippen molar-refractivity contribution in [2.24, 2.45) is 5.73 Å². The van der Waals surface area contributed by atoms with E-state index in [1.165, 1.54) is 11.1 Å². The fraction of sp³-hybridized carbons (Fsp3) is 0.400. The number of hydrogen-bond acceptors (Lipinski definition) is 1. The number of benzene rings is 2. The molecule has 0 radical (unpaired) electrons. The Hall–Kier alpha value is -1.12. The van der Waals surface area contributed by atoms with Crippen molar-refractivity contribution >= 4 is 15.9 Å². The van der Waals surface area contributed by atoms with E-state index < -0.39 is 0 Å². The van der Waals surface area contributed by atoms with Crippen LogP contribution in [0.2, 0.25) is 0 Å². The highest BCUT2D eigenvalue weighted by atomic mass is 79.9. The van der Waals surface area contributed by atoms with Gasteiger partial charge in [0.2, 0.25) is 0 Å². The van der Waals surface area contributed by atoms with Crippen LogP contribution in [0.4, 0.5) is 0 Å². The average Bonchev–Trinajstić information content (AvgIpc) is 2.62. The standard InChI is InChI=1S/C8H9Br.C8H11N.2C2H6/c2*9-7-6-8-4-2-1-3-5-8;2*1-2/h1-5H,6-7H2;1-5H,6-7,9H2;2*1-2H3. The largest absolute Gasteiger partial charge is 0.330 e. The second-order valence-corrected chi connectivity index (χ2v) is 4.74. The van der Waals surface area contributed by atoms with Gasteiger partial charge in [-0.1, -0.05) is 104 Å². The summed E-state index contributed by atoms with van der Waals surface area (Å²) in [5.41, 5.74) is 8.08. The minimum atomic E-state index is 0.740. The molecule has 0 unspecified atom stereocenters. The zero-order valence-corrected chi connectivity index (χ0v) is 16.1. The summed E-state index contributed by atoms with van der Waals surface area (Å²) in [5.74, 6) is 0. The van der Waals surface area contributed by atoms with Crippen molar-refractivity contribution in [3.8, 4) is 0 Å². The molecule has 22 heavy (non-hydrogen) atoms. The second-order valence-electron chi connectivity index (χ2n) is 3.95. The lowest BCUT2D eigenvalue weighted by Gasteiger charge is -1.93. The Kier molecular flexibility index (Phi) is 20.9. The molecule has 2 rings (SSSR count). The molecule has 2 aromatic carbocycles. The molecule has 0 amide bonds. The Balaban J connectivity index is 0. The van der Waals surface area contributed by atoms with Crippen molar-refractivity contribution in [1.29, 1.82) is 0 Å². The van der Waals surface area contributed by atoms with Crippen molar-refractivity contribution in [2.45, 2.75) is 40.5 Å². The lowest BCUT2D eigenvalue weighted by molar-refractivity contribution is 0.969. The first-order valence-corrected chi connectivity index (χ1v) is 9.33. The van der Waals surface area contributed by atoms with Crippen LogP contribution in [0.25, 0.3) is 0 Å². The summed E-state index contributed by atoms with van der Waals surface area (Å²) in [5, 5.41) is 1.05. The molecule has 124 valence electrons. The first-order valence-electron chi connectivity index (χ1n) is 8.20. The Morgan fingerprint density at radius 3 is 1.36 bits per heavy atom. The van der Waals surface area contributed by atoms with Crippen LogP contribution < -0.4 is 5.73 Å². The summed E-state index contributed by atoms with van der Waals surface area (Å²) < 4.78 is 0. The van der Waals surface area contributed by atoms with Gasteiger partial charge in [-0.2, -0.15) is 0 Å². The maximum atomic E-state index is 5.36. The van der Waals surface area contributed by atoms with E-state index in [-0.39, 0.29) is 0 Å². The molecule has 0 aliphatic heterocycles. The van der Waals surface area contributed by atoms with Crippen LogP contribution in [0.15, 0.2) is 60.7 Å². The molecule has 0 saturated heterocycles. The maximum absolute atomic E-state index is 5.36. The fourth-order valence-corrected chi connectivity index (χ4v) is 2.02. The number of alkyl halides is 1. The van der Waals surface area contributed by atoms with Gasteiger partial charge in [0, 0.05) is 5.33 Å². The van der Waals surface area contributed by atoms with Crippen molar-refractivity contribution < 1.29 is 0 Å². The normalized spacial score (nSPS) is 8.27. The van der Waals surface area contributed by atoms with Crippen molar-refractivity contribution in [2.75, 3.05) is 11.9 Å². The number of aryl methyl sites for hydroxylation is 1. The molecule has 0 heterocycles. The van der Waals surface area contributed by atoms with E-state index >= 15 is 0 Å². The Labute approximate surface area is 146 Å². The molecule has 0 aliphatic carbocycles. The van der Waals surface area contributed by atoms with Gasteiger partial charge >= 0.3 is 0 Å². The van der Waals surface area contributed by atoms with E-state index in [2.05, 4.69) is 52.3 Å². The summed E-state index contributed by atoms with van der Waals surface area (Å²) in [4.78, 5) is 0. The predicted molar refractivity (Wildman–Crippen MR) is 106 cm³/mol. The number of rotatable bonds is 4. The van der Waals surface area contributed by atoms with Gasteiger partial charge in [0.15, 0.2) is 0 Å². The highest BCUT2D eigenvalue weighted by molar-refractivity contribution is 9.09. The zero-order chi connectivity index (χ0) is 17.1. The quantitative estimate of drug-likeness (QED) is 0.674. The van der Waals surface area contributed by atoms with E-state index in [1.807, 2.05) is 52.0 Å². The van der Waals surface area contributed by atoms with Gasteiger partial charge in [-0.05, 0) is 30.5 Å². The zero-order valence-electron chi connectivity index (χ0n) is 14.6. The third-order valence-corrected chi connectivity index (χ3v) is 2.90. The van der Waals surface area contributed by atoms with E-state index in [1.54, 1.807) is 0 Å². The summed E-state index contributed by atoms with van der Waals surface area (Å²) >= 11 is 3.39. The molecule has 0 aliphatic rings. The number of nitrogens with two attached hydrogens (primary N) is 1. The van der Waals surface area contributed by atoms with Crippen LogP contribution in [0.3, 0.4) is 0 Å². The van der Waals surface area contributed by atoms with Crippen molar-refractivity contribution in [1.82, 2.24) is 0 Å². The Morgan fingerprint density at radius 1 is 0.682 bits per heavy atom. The molecule has 0 atom stereocenters. The smallest absolute Gasteiger partial charge is 0.00718 e. The first kappa shape index (κ1) is 23.2. The molecular weight excluding hydrogens is 334 g/mol. The van der Waals surface area contributed by atoms with Crippen LogP contribution in [0, 0.1) is 0 Å². The predicted octanol–water partition coefficient (Wildman–Crippen LogP) is 5.86. The Bertz CT molecular complexity index is 359. The molecule has 2 heteroatoms. The van der Waals surface area contributed by atoms with Gasteiger partial charge in [-0.25, -0.2) is 0 Å². The number of halogens is 1. The number of hydrogen-bond donors (Lipinski definition) is 1. The highest BCUT2D eigenvalue weighted by Gasteiger charge is 1.85. The Morgan fingerprint density at radius 2 is 1.05 bits per heavy atom. The van der Waals surface area contributed by atoms with Crippen LogP contribution in [-0.2, 0) is 12.8 Å². The van der Waals surface area contributed by atoms with Crippen LogP contribution in [0.1, 0.15) is 38.8 Å². The summed E-state index contributed by atoms with van der Waals surface area (Å²) in [7, 11) is 0. The monoisotopic (exact) mass is 365 g/mol. The minimum absolute atomic E-state index is 0.740. The van der Waals surface area contributed by atoms with Gasteiger partial charge in [0.05, 0.1) is 0 Å². The molecule has 0 bridgehead atoms. The SMILES string of the molecule is BrCCc1ccccc1.CC.CC.NCCc1ccccc1. The van der Waals surface area contributed by atoms with E-state index in [0.29, 0.717) is 0 Å². The van der Waals surface area contributed by atoms with Gasteiger partial charge in [0.1, 0.15) is 0 Å². The van der Waals surface area contributed by atoms with Gasteiger partial charge in [0.25, 0.3) is 0 Å². The molecule has 0 aromatic heterocycles. The van der Waals surface area contributed by atoms with E-state index in [0.717, 1.165) is 24.7 Å². The van der Waals surface area contributed by atoms with Crippen LogP contribution >= 0.6 is 15.9 Å². The van der Waals surface area contributed by atoms with E-state index in [4.69, 9.17) is 5.73 Å². The fourth-order valence-electron chi connectivity index (χ4n) is 1.57. The minimum Gasteiger partial charge on any atom is -0.330 e. The highest BCUT2D eigenvalue weighted by Crippen LogP contribution is 2.00. The third-order valence-electron chi connectivity index (χ3n) is 2.50. The molecular formula is C20H32BrN. The lowest BCUT2D eigenvalue weighted by atomic mass is 10.2. The molecule has 2 aromatic rings. The van der Waals surface area contributed by atoms with Crippen molar-refractivity contribution in [3.63, 3.8) is 0 Å². The summed E-state index contributed by atoms with van der Waals surface area (Å²) in [6.07, 6.45) is 2.11. The second kappa shape index (κ2) is 19.9. The maximum Gasteiger partial charge on any atom is 0.00718 e. The van der Waals surface area contributed by atoms with Crippen LogP contribution in [-0.4, -0.2) is 11.9 Å². The molecule has 0 fully saturated rings. The lowest BCUT2D eigenvalue weighted by Crippen LogP contribution is -2.01. The summed E-state index contributed by atoms with van der Waals surface area (Å²) in [6.45, 7) is 8.74. The third kappa shape index (κ3) is 13.8. The topological polar surface area (TPSA) is 26.0 Å². The van der Waals surface area contributed by atoms with Gasteiger partial charge in [-0.3, -0.25) is 0 Å². The average molecular weight is 366 g/mol. The molecule has 0 spiro atoms. The molecule has 1 nitrogen and oxygen atoms in total. The van der Waals surface area contributed by atoms with Crippen molar-refractivity contribution in [3.05, 3.63) is 71.8 Å². The summed E-state index contributed by atoms with van der Waals surface area (Å²) in [6, 6.07) is 20.7. The molecule has 0 saturated carbocycles. The van der Waals surface area contributed by atoms with Gasteiger partial charge in [-0.15, -0.1) is 0 Å². The van der Waals surface area contributed by atoms with Crippen LogP contribution in [0.5, 0.6) is 0 Å². The van der Waals surface area contributed by atoms with Gasteiger partial charge < -0.3 is 5.73 Å². The molecule has 2 N–H and O–H groups in total. The first-order chi connectivity index (χ1) is 10.9. The van der Waals surface area contributed by atoms with E-state index in [9.17, 15) is 0 Å².